The summed E-state index contributed by atoms with van der Waals surface area (Å²) in [6, 6.07) is 0. The van der Waals surface area contributed by atoms with E-state index >= 15 is 0 Å². The van der Waals surface area contributed by atoms with Crippen LogP contribution >= 0.6 is 0 Å². The minimum Gasteiger partial charge on any atom is -0.472 e. The fourth-order valence-corrected chi connectivity index (χ4v) is 1.89. The molecule has 1 aliphatic rings. The molecule has 1 N–H and O–H groups in total. The van der Waals surface area contributed by atoms with E-state index in [0.717, 1.165) is 11.6 Å². The molecule has 0 spiro atoms. The smallest absolute Gasteiger partial charge is 0.256 e. The van der Waals surface area contributed by atoms with Crippen LogP contribution in [0.3, 0.4) is 0 Å². The summed E-state index contributed by atoms with van der Waals surface area (Å²) in [7, 11) is 3.79. The molecule has 0 saturated heterocycles. The summed E-state index contributed by atoms with van der Waals surface area (Å²) in [4.78, 5) is 0. The third-order valence-corrected chi connectivity index (χ3v) is 2.64. The lowest BCUT2D eigenvalue weighted by atomic mass is 10.3. The van der Waals surface area contributed by atoms with Crippen molar-refractivity contribution in [2.24, 2.45) is 7.05 Å². The molecule has 1 fully saturated rings. The third kappa shape index (κ3) is 1.84. The van der Waals surface area contributed by atoms with Crippen LogP contribution in [0.15, 0.2) is 6.20 Å². The molecule has 0 amide bonds. The maximum absolute atomic E-state index is 5.82. The van der Waals surface area contributed by atoms with Gasteiger partial charge in [0.25, 0.3) is 5.88 Å². The Kier molecular flexibility index (Phi) is 2.61. The lowest BCUT2D eigenvalue weighted by molar-refractivity contribution is 0.201. The summed E-state index contributed by atoms with van der Waals surface area (Å²) in [6.45, 7) is 0. The molecule has 2 rings (SSSR count). The zero-order chi connectivity index (χ0) is 9.97. The maximum atomic E-state index is 5.82. The summed E-state index contributed by atoms with van der Waals surface area (Å²) in [6.07, 6.45) is 7.21. The van der Waals surface area contributed by atoms with Gasteiger partial charge < -0.3 is 10.1 Å². The number of rotatable bonds is 3. The molecule has 1 heterocycles. The van der Waals surface area contributed by atoms with Crippen LogP contribution in [-0.2, 0) is 7.05 Å². The highest BCUT2D eigenvalue weighted by Crippen LogP contribution is 2.27. The highest BCUT2D eigenvalue weighted by atomic mass is 16.5. The zero-order valence-corrected chi connectivity index (χ0v) is 8.79. The largest absolute Gasteiger partial charge is 0.472 e. The third-order valence-electron chi connectivity index (χ3n) is 2.64. The van der Waals surface area contributed by atoms with E-state index in [1.807, 2.05) is 20.3 Å². The Labute approximate surface area is 84.3 Å². The van der Waals surface area contributed by atoms with Gasteiger partial charge in [-0.1, -0.05) is 0 Å². The summed E-state index contributed by atoms with van der Waals surface area (Å²) < 4.78 is 7.60. The lowest BCUT2D eigenvalue weighted by Crippen LogP contribution is -2.12. The molecule has 1 saturated carbocycles. The van der Waals surface area contributed by atoms with Gasteiger partial charge >= 0.3 is 0 Å². The number of nitrogens with zero attached hydrogens (tertiary/aromatic N) is 2. The van der Waals surface area contributed by atoms with Gasteiger partial charge in [0.15, 0.2) is 0 Å². The molecule has 4 nitrogen and oxygen atoms in total. The van der Waals surface area contributed by atoms with Crippen LogP contribution < -0.4 is 10.1 Å². The second kappa shape index (κ2) is 3.90. The second-order valence-corrected chi connectivity index (χ2v) is 3.80. The Hall–Kier alpha value is -1.19. The molecule has 0 aromatic carbocycles. The molecule has 14 heavy (non-hydrogen) atoms. The molecule has 0 unspecified atom stereocenters. The van der Waals surface area contributed by atoms with E-state index in [1.54, 1.807) is 4.68 Å². The minimum absolute atomic E-state index is 0.372. The second-order valence-electron chi connectivity index (χ2n) is 3.80. The van der Waals surface area contributed by atoms with Gasteiger partial charge in [0, 0.05) is 14.1 Å². The first kappa shape index (κ1) is 9.37. The number of aryl methyl sites for hydroxylation is 1. The number of hydrogen-bond acceptors (Lipinski definition) is 3. The molecule has 0 bridgehead atoms. The number of nitrogens with one attached hydrogen (secondary N) is 1. The standard InChI is InChI=1S/C10H17N3O/c1-11-9-7-13(2)12-10(9)14-8-5-3-4-6-8/h7-8,11H,3-6H2,1-2H3. The van der Waals surface area contributed by atoms with Gasteiger partial charge in [0.1, 0.15) is 11.8 Å². The Bertz CT molecular complexity index is 302. The monoisotopic (exact) mass is 195 g/mol. The average molecular weight is 195 g/mol. The lowest BCUT2D eigenvalue weighted by Gasteiger charge is -2.11. The van der Waals surface area contributed by atoms with Crippen molar-refractivity contribution in [1.82, 2.24) is 9.78 Å². The summed E-state index contributed by atoms with van der Waals surface area (Å²) >= 11 is 0. The van der Waals surface area contributed by atoms with Crippen molar-refractivity contribution in [1.29, 1.82) is 0 Å². The molecule has 78 valence electrons. The highest BCUT2D eigenvalue weighted by molar-refractivity contribution is 5.50. The van der Waals surface area contributed by atoms with E-state index in [-0.39, 0.29) is 0 Å². The number of anilines is 1. The van der Waals surface area contributed by atoms with E-state index in [0.29, 0.717) is 6.10 Å². The van der Waals surface area contributed by atoms with Gasteiger partial charge in [0.2, 0.25) is 0 Å². The summed E-state index contributed by atoms with van der Waals surface area (Å²) in [5.41, 5.74) is 0.972. The molecule has 1 aromatic rings. The maximum Gasteiger partial charge on any atom is 0.256 e. The van der Waals surface area contributed by atoms with Crippen molar-refractivity contribution in [3.8, 4) is 5.88 Å². The molecule has 1 aromatic heterocycles. The van der Waals surface area contributed by atoms with Crippen LogP contribution in [0.1, 0.15) is 25.7 Å². The van der Waals surface area contributed by atoms with Crippen LogP contribution in [0.4, 0.5) is 5.69 Å². The van der Waals surface area contributed by atoms with E-state index in [9.17, 15) is 0 Å². The van der Waals surface area contributed by atoms with Gasteiger partial charge in [-0.3, -0.25) is 4.68 Å². The van der Waals surface area contributed by atoms with E-state index < -0.39 is 0 Å². The zero-order valence-electron chi connectivity index (χ0n) is 8.79. The van der Waals surface area contributed by atoms with Gasteiger partial charge in [-0.25, -0.2) is 0 Å². The summed E-state index contributed by atoms with van der Waals surface area (Å²) in [5, 5.41) is 7.36. The Morgan fingerprint density at radius 1 is 1.50 bits per heavy atom. The van der Waals surface area contributed by atoms with Crippen molar-refractivity contribution in [2.75, 3.05) is 12.4 Å². The SMILES string of the molecule is CNc1cn(C)nc1OC1CCCC1. The fourth-order valence-electron chi connectivity index (χ4n) is 1.89. The highest BCUT2D eigenvalue weighted by Gasteiger charge is 2.19. The fraction of sp³-hybridized carbons (Fsp3) is 0.700. The van der Waals surface area contributed by atoms with Crippen molar-refractivity contribution in [3.05, 3.63) is 6.20 Å². The molecule has 1 aliphatic carbocycles. The topological polar surface area (TPSA) is 39.1 Å². The number of aromatic nitrogens is 2. The van der Waals surface area contributed by atoms with Gasteiger partial charge in [-0.15, -0.1) is 5.10 Å². The molecule has 0 atom stereocenters. The molecular formula is C10H17N3O. The van der Waals surface area contributed by atoms with Crippen molar-refractivity contribution < 1.29 is 4.74 Å². The number of hydrogen-bond donors (Lipinski definition) is 1. The Morgan fingerprint density at radius 2 is 2.21 bits per heavy atom. The van der Waals surface area contributed by atoms with E-state index in [4.69, 9.17) is 4.74 Å². The average Bonchev–Trinajstić information content (AvgIpc) is 2.76. The Balaban J connectivity index is 2.06. The molecular weight excluding hydrogens is 178 g/mol. The molecule has 0 radical (unpaired) electrons. The van der Waals surface area contributed by atoms with Gasteiger partial charge in [-0.2, -0.15) is 0 Å². The van der Waals surface area contributed by atoms with E-state index in [2.05, 4.69) is 10.4 Å². The van der Waals surface area contributed by atoms with Crippen LogP contribution in [0, 0.1) is 0 Å². The van der Waals surface area contributed by atoms with E-state index in [1.165, 1.54) is 25.7 Å². The first-order valence-corrected chi connectivity index (χ1v) is 5.17. The van der Waals surface area contributed by atoms with Gasteiger partial charge in [0.05, 0.1) is 6.20 Å². The normalized spacial score (nSPS) is 17.3. The van der Waals surface area contributed by atoms with Crippen LogP contribution in [-0.4, -0.2) is 22.9 Å². The first-order chi connectivity index (χ1) is 6.79. The predicted octanol–water partition coefficient (Wildman–Crippen LogP) is 1.78. The predicted molar refractivity (Wildman–Crippen MR) is 55.6 cm³/mol. The Morgan fingerprint density at radius 3 is 2.86 bits per heavy atom. The van der Waals surface area contributed by atoms with Crippen LogP contribution in [0.2, 0.25) is 0 Å². The van der Waals surface area contributed by atoms with Crippen LogP contribution in [0.5, 0.6) is 5.88 Å². The van der Waals surface area contributed by atoms with Crippen molar-refractivity contribution >= 4 is 5.69 Å². The van der Waals surface area contributed by atoms with Crippen molar-refractivity contribution in [3.63, 3.8) is 0 Å². The van der Waals surface area contributed by atoms with Gasteiger partial charge in [-0.05, 0) is 25.7 Å². The minimum atomic E-state index is 0.372. The number of ether oxygens (including phenoxy) is 1. The molecule has 4 heteroatoms. The van der Waals surface area contributed by atoms with Crippen LogP contribution in [0.25, 0.3) is 0 Å². The van der Waals surface area contributed by atoms with Crippen molar-refractivity contribution in [2.45, 2.75) is 31.8 Å². The first-order valence-electron chi connectivity index (χ1n) is 5.17. The quantitative estimate of drug-likeness (QED) is 0.799. The molecule has 0 aliphatic heterocycles. The summed E-state index contributed by atoms with van der Waals surface area (Å²) in [5.74, 6) is 0.738.